The Morgan fingerprint density at radius 1 is 0.625 bits per heavy atom. The van der Waals surface area contributed by atoms with E-state index in [1.54, 1.807) is 0 Å². The second-order valence-electron chi connectivity index (χ2n) is 13.6. The molecule has 0 spiro atoms. The summed E-state index contributed by atoms with van der Waals surface area (Å²) in [4.78, 5) is 35.1. The largest absolute Gasteiger partial charge is 0.472 e. The van der Waals surface area contributed by atoms with Crippen molar-refractivity contribution in [3.63, 3.8) is 0 Å². The van der Waals surface area contributed by atoms with Gasteiger partial charge >= 0.3 is 19.8 Å². The first-order chi connectivity index (χ1) is 23.2. The molecule has 48 heavy (non-hydrogen) atoms. The molecule has 0 saturated heterocycles. The lowest BCUT2D eigenvalue weighted by Gasteiger charge is -2.29. The molecule has 0 saturated carbocycles. The molecule has 0 aromatic heterocycles. The lowest BCUT2D eigenvalue weighted by atomic mass is 10.0. The number of rotatable bonds is 36. The Kier molecular flexibility index (Phi) is 32.1. The Balaban J connectivity index is 4.38. The minimum absolute atomic E-state index is 0.0484. The van der Waals surface area contributed by atoms with Gasteiger partial charge in [-0.3, -0.25) is 18.6 Å². The average Bonchev–Trinajstić information content (AvgIpc) is 3.06. The molecule has 0 aliphatic carbocycles. The Morgan fingerprint density at radius 3 is 1.52 bits per heavy atom. The van der Waals surface area contributed by atoms with Gasteiger partial charge in [0.25, 0.3) is 0 Å². The van der Waals surface area contributed by atoms with Crippen LogP contribution in [0.2, 0.25) is 0 Å². The van der Waals surface area contributed by atoms with Gasteiger partial charge in [-0.15, -0.1) is 0 Å². The molecule has 0 radical (unpaired) electrons. The summed E-state index contributed by atoms with van der Waals surface area (Å²) in [5.41, 5.74) is 3.92. The zero-order valence-electron chi connectivity index (χ0n) is 31.2. The Hall–Kier alpha value is -1.25. The standard InChI is InChI=1S/C38H74NO8P/c1-4-6-8-10-12-14-16-18-20-22-24-26-28-30-36(40)44-34-38(3,35-46-48(42,43)45-33-32-39)47-37(41)31-29-27-25-23-21-19-17-15-13-11-9-7-5-2/h15,17H,4-14,16,18-35,39H2,1-3H3,(H,42,43)/b17-15-/t38-/m1/s1. The molecule has 0 amide bonds. The molecular formula is C38H74NO8P. The summed E-state index contributed by atoms with van der Waals surface area (Å²) < 4.78 is 33.2. The second-order valence-corrected chi connectivity index (χ2v) is 15.0. The third-order valence-electron chi connectivity index (χ3n) is 8.43. The van der Waals surface area contributed by atoms with Gasteiger partial charge in [0.15, 0.2) is 5.60 Å². The number of phosphoric ester groups is 1. The van der Waals surface area contributed by atoms with E-state index in [1.807, 2.05) is 0 Å². The van der Waals surface area contributed by atoms with E-state index in [1.165, 1.54) is 103 Å². The normalized spacial score (nSPS) is 14.2. The van der Waals surface area contributed by atoms with Crippen molar-refractivity contribution in [3.05, 3.63) is 12.2 Å². The minimum Gasteiger partial charge on any atom is -0.461 e. The summed E-state index contributed by atoms with van der Waals surface area (Å²) in [5.74, 6) is -0.853. The van der Waals surface area contributed by atoms with Crippen LogP contribution in [-0.4, -0.2) is 48.8 Å². The van der Waals surface area contributed by atoms with Gasteiger partial charge in [0, 0.05) is 19.4 Å². The number of esters is 2. The maximum Gasteiger partial charge on any atom is 0.472 e. The number of carbonyl (C=O) groups excluding carboxylic acids is 2. The van der Waals surface area contributed by atoms with Crippen molar-refractivity contribution >= 4 is 19.8 Å². The summed E-state index contributed by atoms with van der Waals surface area (Å²) in [7, 11) is -4.41. The SMILES string of the molecule is CCCCCC/C=C\CCCCCCCC(=O)O[C@](C)(COC(=O)CCCCCCCCCCCCCCC)COP(=O)(O)OCCN. The van der Waals surface area contributed by atoms with Gasteiger partial charge in [0.1, 0.15) is 13.2 Å². The molecule has 284 valence electrons. The summed E-state index contributed by atoms with van der Waals surface area (Å²) >= 11 is 0. The average molecular weight is 704 g/mol. The zero-order chi connectivity index (χ0) is 35.6. The van der Waals surface area contributed by atoms with E-state index < -0.39 is 32.0 Å². The van der Waals surface area contributed by atoms with E-state index in [0.717, 1.165) is 51.4 Å². The Bertz CT molecular complexity index is 840. The van der Waals surface area contributed by atoms with Crippen molar-refractivity contribution in [1.82, 2.24) is 0 Å². The molecule has 10 heteroatoms. The molecule has 0 aromatic rings. The van der Waals surface area contributed by atoms with E-state index in [0.29, 0.717) is 6.42 Å². The predicted molar refractivity (Wildman–Crippen MR) is 197 cm³/mol. The number of nitrogens with two attached hydrogens (primary N) is 1. The van der Waals surface area contributed by atoms with E-state index in [2.05, 4.69) is 26.0 Å². The third-order valence-corrected chi connectivity index (χ3v) is 9.40. The summed E-state index contributed by atoms with van der Waals surface area (Å²) in [6.45, 7) is 5.15. The van der Waals surface area contributed by atoms with Crippen molar-refractivity contribution in [3.8, 4) is 0 Å². The van der Waals surface area contributed by atoms with Crippen molar-refractivity contribution < 1.29 is 37.6 Å². The van der Waals surface area contributed by atoms with Gasteiger partial charge in [-0.2, -0.15) is 0 Å². The maximum absolute atomic E-state index is 12.7. The molecule has 0 heterocycles. The molecule has 2 atom stereocenters. The molecule has 1 unspecified atom stereocenters. The number of ether oxygens (including phenoxy) is 2. The van der Waals surface area contributed by atoms with Gasteiger partial charge in [-0.25, -0.2) is 4.57 Å². The number of unbranched alkanes of at least 4 members (excludes halogenated alkanes) is 21. The van der Waals surface area contributed by atoms with Crippen LogP contribution in [0.4, 0.5) is 0 Å². The molecule has 9 nitrogen and oxygen atoms in total. The van der Waals surface area contributed by atoms with Crippen LogP contribution in [0.1, 0.15) is 188 Å². The smallest absolute Gasteiger partial charge is 0.461 e. The number of hydrogen-bond donors (Lipinski definition) is 2. The van der Waals surface area contributed by atoms with Crippen LogP contribution in [0.3, 0.4) is 0 Å². The van der Waals surface area contributed by atoms with E-state index in [4.69, 9.17) is 24.3 Å². The highest BCUT2D eigenvalue weighted by molar-refractivity contribution is 7.47. The fourth-order valence-electron chi connectivity index (χ4n) is 5.43. The predicted octanol–water partition coefficient (Wildman–Crippen LogP) is 10.7. The van der Waals surface area contributed by atoms with Crippen LogP contribution in [0.5, 0.6) is 0 Å². The molecular weight excluding hydrogens is 629 g/mol. The third kappa shape index (κ3) is 32.0. The van der Waals surface area contributed by atoms with Gasteiger partial charge in [-0.1, -0.05) is 142 Å². The minimum atomic E-state index is -4.41. The van der Waals surface area contributed by atoms with Crippen LogP contribution in [0.25, 0.3) is 0 Å². The first-order valence-corrected chi connectivity index (χ1v) is 21.0. The van der Waals surface area contributed by atoms with E-state index in [-0.39, 0.29) is 32.6 Å². The monoisotopic (exact) mass is 704 g/mol. The van der Waals surface area contributed by atoms with Crippen LogP contribution in [0.15, 0.2) is 12.2 Å². The molecule has 0 aliphatic rings. The van der Waals surface area contributed by atoms with E-state index in [9.17, 15) is 19.0 Å². The summed E-state index contributed by atoms with van der Waals surface area (Å²) in [6.07, 6.45) is 33.2. The topological polar surface area (TPSA) is 134 Å². The number of phosphoric acid groups is 1. The molecule has 0 rings (SSSR count). The van der Waals surface area contributed by atoms with Gasteiger partial charge in [-0.05, 0) is 45.4 Å². The molecule has 0 aromatic carbocycles. The molecule has 0 bridgehead atoms. The first kappa shape index (κ1) is 46.8. The quantitative estimate of drug-likeness (QED) is 0.0283. The molecule has 0 aliphatic heterocycles. The van der Waals surface area contributed by atoms with Crippen LogP contribution in [0, 0.1) is 0 Å². The van der Waals surface area contributed by atoms with Crippen molar-refractivity contribution in [2.24, 2.45) is 5.73 Å². The van der Waals surface area contributed by atoms with Crippen molar-refractivity contribution in [2.45, 2.75) is 193 Å². The molecule has 0 fully saturated rings. The van der Waals surface area contributed by atoms with Gasteiger partial charge in [0.05, 0.1) is 6.61 Å². The fourth-order valence-corrected chi connectivity index (χ4v) is 6.28. The number of hydrogen-bond acceptors (Lipinski definition) is 8. The van der Waals surface area contributed by atoms with Gasteiger partial charge < -0.3 is 20.1 Å². The lowest BCUT2D eigenvalue weighted by Crippen LogP contribution is -2.42. The highest BCUT2D eigenvalue weighted by Crippen LogP contribution is 2.44. The van der Waals surface area contributed by atoms with Crippen LogP contribution >= 0.6 is 7.82 Å². The van der Waals surface area contributed by atoms with Crippen LogP contribution in [-0.2, 0) is 32.7 Å². The molecule has 3 N–H and O–H groups in total. The lowest BCUT2D eigenvalue weighted by molar-refractivity contribution is -0.175. The van der Waals surface area contributed by atoms with Crippen molar-refractivity contribution in [2.75, 3.05) is 26.4 Å². The summed E-state index contributed by atoms with van der Waals surface area (Å²) in [5, 5.41) is 0. The second kappa shape index (κ2) is 32.9. The van der Waals surface area contributed by atoms with Gasteiger partial charge in [0.2, 0.25) is 0 Å². The van der Waals surface area contributed by atoms with E-state index >= 15 is 0 Å². The number of allylic oxidation sites excluding steroid dienone is 2. The van der Waals surface area contributed by atoms with Crippen molar-refractivity contribution in [1.29, 1.82) is 0 Å². The Labute approximate surface area is 294 Å². The maximum atomic E-state index is 12.7. The number of carbonyl (C=O) groups is 2. The highest BCUT2D eigenvalue weighted by Gasteiger charge is 2.35. The highest BCUT2D eigenvalue weighted by atomic mass is 31.2. The summed E-state index contributed by atoms with van der Waals surface area (Å²) in [6, 6.07) is 0. The Morgan fingerprint density at radius 2 is 1.04 bits per heavy atom. The first-order valence-electron chi connectivity index (χ1n) is 19.5. The van der Waals surface area contributed by atoms with Crippen LogP contribution < -0.4 is 5.73 Å². The fraction of sp³-hybridized carbons (Fsp3) is 0.895. The zero-order valence-corrected chi connectivity index (χ0v) is 32.1.